The molecule has 0 bridgehead atoms. The minimum absolute atomic E-state index is 0.214. The van der Waals surface area contributed by atoms with Gasteiger partial charge < -0.3 is 5.32 Å². The van der Waals surface area contributed by atoms with Crippen molar-refractivity contribution in [3.05, 3.63) is 58.8 Å². The first kappa shape index (κ1) is 12.3. The maximum absolute atomic E-state index is 4.58. The van der Waals surface area contributed by atoms with E-state index in [2.05, 4.69) is 45.6 Å². The zero-order valence-corrected chi connectivity index (χ0v) is 11.5. The lowest BCUT2D eigenvalue weighted by Crippen LogP contribution is -2.20. The summed E-state index contributed by atoms with van der Waals surface area (Å²) in [5.41, 5.74) is 2.98. The van der Waals surface area contributed by atoms with Gasteiger partial charge in [-0.15, -0.1) is 11.3 Å². The number of rotatable bonds is 4. The standard InChI is InChI=1S/C15H15N3S/c1-16-14(8-12-9-17-10-19-12)15-13-5-3-2-4-11(13)6-7-18-15/h2-7,9-10,14,16H,8H2,1H3. The summed E-state index contributed by atoms with van der Waals surface area (Å²) >= 11 is 1.69. The van der Waals surface area contributed by atoms with Crippen molar-refractivity contribution in [3.8, 4) is 0 Å². The van der Waals surface area contributed by atoms with Crippen LogP contribution in [0.15, 0.2) is 48.2 Å². The molecule has 19 heavy (non-hydrogen) atoms. The summed E-state index contributed by atoms with van der Waals surface area (Å²) in [6, 6.07) is 10.6. The molecule has 96 valence electrons. The Kier molecular flexibility index (Phi) is 3.53. The van der Waals surface area contributed by atoms with Gasteiger partial charge in [-0.2, -0.15) is 0 Å². The zero-order valence-electron chi connectivity index (χ0n) is 10.7. The van der Waals surface area contributed by atoms with Crippen molar-refractivity contribution in [2.24, 2.45) is 0 Å². The second kappa shape index (κ2) is 5.47. The smallest absolute Gasteiger partial charge is 0.0794 e. The van der Waals surface area contributed by atoms with E-state index < -0.39 is 0 Å². The second-order valence-electron chi connectivity index (χ2n) is 4.43. The molecule has 0 radical (unpaired) electrons. The Morgan fingerprint density at radius 1 is 1.26 bits per heavy atom. The maximum Gasteiger partial charge on any atom is 0.0794 e. The summed E-state index contributed by atoms with van der Waals surface area (Å²) in [4.78, 5) is 9.99. The van der Waals surface area contributed by atoms with E-state index in [1.807, 2.05) is 25.0 Å². The van der Waals surface area contributed by atoms with Crippen LogP contribution < -0.4 is 5.32 Å². The molecule has 3 aromatic rings. The summed E-state index contributed by atoms with van der Waals surface area (Å²) in [7, 11) is 1.98. The van der Waals surface area contributed by atoms with Crippen LogP contribution in [0.5, 0.6) is 0 Å². The van der Waals surface area contributed by atoms with Gasteiger partial charge in [0.05, 0.1) is 17.2 Å². The van der Waals surface area contributed by atoms with Crippen LogP contribution in [-0.4, -0.2) is 17.0 Å². The van der Waals surface area contributed by atoms with E-state index in [1.54, 1.807) is 11.3 Å². The van der Waals surface area contributed by atoms with Gasteiger partial charge in [0.1, 0.15) is 0 Å². The molecular formula is C15H15N3S. The molecule has 1 aromatic carbocycles. The minimum Gasteiger partial charge on any atom is -0.311 e. The second-order valence-corrected chi connectivity index (χ2v) is 5.40. The highest BCUT2D eigenvalue weighted by Gasteiger charge is 2.15. The Morgan fingerprint density at radius 3 is 2.95 bits per heavy atom. The first-order valence-electron chi connectivity index (χ1n) is 6.27. The summed E-state index contributed by atoms with van der Waals surface area (Å²) in [6.45, 7) is 0. The van der Waals surface area contributed by atoms with Crippen molar-refractivity contribution in [2.45, 2.75) is 12.5 Å². The number of thiazole rings is 1. The number of likely N-dealkylation sites (N-methyl/N-ethyl adjacent to an activating group) is 1. The Bertz CT molecular complexity index is 659. The normalized spacial score (nSPS) is 12.7. The molecule has 0 saturated heterocycles. The van der Waals surface area contributed by atoms with Crippen LogP contribution in [0.3, 0.4) is 0 Å². The third-order valence-corrected chi connectivity index (χ3v) is 4.07. The number of nitrogens with zero attached hydrogens (tertiary/aromatic N) is 2. The molecule has 0 aliphatic rings. The topological polar surface area (TPSA) is 37.8 Å². The first-order chi connectivity index (χ1) is 9.38. The predicted octanol–water partition coefficient (Wildman–Crippen LogP) is 3.19. The average molecular weight is 269 g/mol. The van der Waals surface area contributed by atoms with E-state index in [1.165, 1.54) is 15.6 Å². The monoisotopic (exact) mass is 269 g/mol. The molecule has 2 aromatic heterocycles. The number of aromatic nitrogens is 2. The van der Waals surface area contributed by atoms with Gasteiger partial charge in [0.15, 0.2) is 0 Å². The van der Waals surface area contributed by atoms with Gasteiger partial charge in [-0.25, -0.2) is 0 Å². The van der Waals surface area contributed by atoms with Crippen molar-refractivity contribution in [1.82, 2.24) is 15.3 Å². The molecule has 0 saturated carbocycles. The highest BCUT2D eigenvalue weighted by atomic mass is 32.1. The molecular weight excluding hydrogens is 254 g/mol. The van der Waals surface area contributed by atoms with Crippen LogP contribution in [0.25, 0.3) is 10.8 Å². The van der Waals surface area contributed by atoms with E-state index >= 15 is 0 Å². The lowest BCUT2D eigenvalue weighted by atomic mass is 10.0. The van der Waals surface area contributed by atoms with Crippen molar-refractivity contribution in [2.75, 3.05) is 7.05 Å². The molecule has 1 atom stereocenters. The number of hydrogen-bond acceptors (Lipinski definition) is 4. The number of benzene rings is 1. The number of hydrogen-bond donors (Lipinski definition) is 1. The quantitative estimate of drug-likeness (QED) is 0.790. The van der Waals surface area contributed by atoms with Gasteiger partial charge in [0.25, 0.3) is 0 Å². The predicted molar refractivity (Wildman–Crippen MR) is 79.4 cm³/mol. The van der Waals surface area contributed by atoms with Crippen LogP contribution in [-0.2, 0) is 6.42 Å². The van der Waals surface area contributed by atoms with Crippen LogP contribution >= 0.6 is 11.3 Å². The lowest BCUT2D eigenvalue weighted by Gasteiger charge is -2.16. The van der Waals surface area contributed by atoms with Crippen molar-refractivity contribution >= 4 is 22.1 Å². The van der Waals surface area contributed by atoms with Crippen molar-refractivity contribution in [1.29, 1.82) is 0 Å². The van der Waals surface area contributed by atoms with E-state index in [0.717, 1.165) is 12.1 Å². The fourth-order valence-corrected chi connectivity index (χ4v) is 2.94. The third kappa shape index (κ3) is 2.50. The summed E-state index contributed by atoms with van der Waals surface area (Å²) in [5.74, 6) is 0. The van der Waals surface area contributed by atoms with Crippen molar-refractivity contribution in [3.63, 3.8) is 0 Å². The Balaban J connectivity index is 2.01. The van der Waals surface area contributed by atoms with Gasteiger partial charge in [-0.05, 0) is 18.5 Å². The molecule has 0 fully saturated rings. The Labute approximate surface area is 116 Å². The van der Waals surface area contributed by atoms with E-state index in [-0.39, 0.29) is 6.04 Å². The average Bonchev–Trinajstić information content (AvgIpc) is 2.97. The largest absolute Gasteiger partial charge is 0.311 e. The van der Waals surface area contributed by atoms with Gasteiger partial charge in [0, 0.05) is 29.1 Å². The van der Waals surface area contributed by atoms with Crippen molar-refractivity contribution < 1.29 is 0 Å². The fourth-order valence-electron chi connectivity index (χ4n) is 2.30. The first-order valence-corrected chi connectivity index (χ1v) is 7.14. The van der Waals surface area contributed by atoms with E-state index in [4.69, 9.17) is 0 Å². The van der Waals surface area contributed by atoms with E-state index in [0.29, 0.717) is 0 Å². The molecule has 0 spiro atoms. The molecule has 0 amide bonds. The number of nitrogens with one attached hydrogen (secondary N) is 1. The highest BCUT2D eigenvalue weighted by molar-refractivity contribution is 7.09. The number of fused-ring (bicyclic) bond motifs is 1. The molecule has 3 nitrogen and oxygen atoms in total. The van der Waals surface area contributed by atoms with Gasteiger partial charge in [-0.1, -0.05) is 24.3 Å². The summed E-state index contributed by atoms with van der Waals surface area (Å²) in [6.07, 6.45) is 4.73. The minimum atomic E-state index is 0.214. The molecule has 2 heterocycles. The Hall–Kier alpha value is -1.78. The molecule has 3 rings (SSSR count). The highest BCUT2D eigenvalue weighted by Crippen LogP contribution is 2.25. The van der Waals surface area contributed by atoms with Crippen LogP contribution in [0, 0.1) is 0 Å². The van der Waals surface area contributed by atoms with Gasteiger partial charge in [-0.3, -0.25) is 9.97 Å². The third-order valence-electron chi connectivity index (χ3n) is 3.27. The number of pyridine rings is 1. The SMILES string of the molecule is CNC(Cc1cncs1)c1nccc2ccccc12. The Morgan fingerprint density at radius 2 is 2.16 bits per heavy atom. The molecule has 1 unspecified atom stereocenters. The van der Waals surface area contributed by atoms with Crippen LogP contribution in [0.2, 0.25) is 0 Å². The van der Waals surface area contributed by atoms with E-state index in [9.17, 15) is 0 Å². The molecule has 0 aliphatic heterocycles. The van der Waals surface area contributed by atoms with Gasteiger partial charge >= 0.3 is 0 Å². The lowest BCUT2D eigenvalue weighted by molar-refractivity contribution is 0.585. The molecule has 0 aliphatic carbocycles. The fraction of sp³-hybridized carbons (Fsp3) is 0.200. The zero-order chi connectivity index (χ0) is 13.1. The van der Waals surface area contributed by atoms with Gasteiger partial charge in [0.2, 0.25) is 0 Å². The molecule has 1 N–H and O–H groups in total. The summed E-state index contributed by atoms with van der Waals surface area (Å²) in [5, 5.41) is 5.82. The van der Waals surface area contributed by atoms with Crippen LogP contribution in [0.4, 0.5) is 0 Å². The maximum atomic E-state index is 4.58. The molecule has 4 heteroatoms. The van der Waals surface area contributed by atoms with Crippen LogP contribution in [0.1, 0.15) is 16.6 Å². The summed E-state index contributed by atoms with van der Waals surface area (Å²) < 4.78 is 0.